The summed E-state index contributed by atoms with van der Waals surface area (Å²) in [5, 5.41) is 14.1. The number of rotatable bonds is 6. The number of nitrogens with one attached hydrogen (secondary N) is 2. The first-order chi connectivity index (χ1) is 7.54. The molecule has 1 heterocycles. The highest BCUT2D eigenvalue weighted by molar-refractivity contribution is 5.17. The number of nitrogens with zero attached hydrogens (tertiary/aromatic N) is 2. The summed E-state index contributed by atoms with van der Waals surface area (Å²) in [6, 6.07) is 0.593. The fraction of sp³-hybridized carbons (Fsp3) is 0.818. The van der Waals surface area contributed by atoms with Gasteiger partial charge in [0.15, 0.2) is 0 Å². The monoisotopic (exact) mass is 226 g/mol. The largest absolute Gasteiger partial charge is 0.406 e. The van der Waals surface area contributed by atoms with Gasteiger partial charge in [-0.25, -0.2) is 0 Å². The Morgan fingerprint density at radius 2 is 1.88 bits per heavy atom. The summed E-state index contributed by atoms with van der Waals surface area (Å²) in [6.45, 7) is 9.44. The van der Waals surface area contributed by atoms with Crippen molar-refractivity contribution in [2.45, 2.75) is 33.7 Å². The fourth-order valence-corrected chi connectivity index (χ4v) is 1.09. The summed E-state index contributed by atoms with van der Waals surface area (Å²) in [5.41, 5.74) is 0. The Morgan fingerprint density at radius 3 is 2.44 bits per heavy atom. The van der Waals surface area contributed by atoms with Gasteiger partial charge in [-0.3, -0.25) is 0 Å². The molecule has 0 amide bonds. The van der Waals surface area contributed by atoms with Crippen molar-refractivity contribution in [1.29, 1.82) is 0 Å². The zero-order chi connectivity index (χ0) is 12.1. The lowest BCUT2D eigenvalue weighted by Gasteiger charge is -2.14. The topological polar surface area (TPSA) is 63.0 Å². The summed E-state index contributed by atoms with van der Waals surface area (Å²) in [5.74, 6) is 1.84. The van der Waals surface area contributed by atoms with Crippen LogP contribution in [0.15, 0.2) is 4.42 Å². The molecule has 0 aliphatic heterocycles. The van der Waals surface area contributed by atoms with Crippen molar-refractivity contribution < 1.29 is 4.42 Å². The lowest BCUT2D eigenvalue weighted by molar-refractivity contribution is 0.419. The van der Waals surface area contributed by atoms with Crippen molar-refractivity contribution in [3.8, 4) is 0 Å². The van der Waals surface area contributed by atoms with Gasteiger partial charge in [0, 0.05) is 6.54 Å². The molecule has 5 heteroatoms. The third-order valence-corrected chi connectivity index (χ3v) is 2.96. The third kappa shape index (κ3) is 3.48. The van der Waals surface area contributed by atoms with E-state index in [4.69, 9.17) is 4.42 Å². The molecule has 0 aliphatic rings. The Labute approximate surface area is 97.0 Å². The second-order valence-corrected chi connectivity index (χ2v) is 4.56. The van der Waals surface area contributed by atoms with Crippen LogP contribution >= 0.6 is 0 Å². The van der Waals surface area contributed by atoms with Crippen LogP contribution in [-0.2, 0) is 0 Å². The third-order valence-electron chi connectivity index (χ3n) is 2.96. The van der Waals surface area contributed by atoms with Gasteiger partial charge in [-0.1, -0.05) is 25.9 Å². The van der Waals surface area contributed by atoms with Crippen LogP contribution in [0.5, 0.6) is 0 Å². The van der Waals surface area contributed by atoms with Gasteiger partial charge in [-0.15, -0.1) is 5.10 Å². The van der Waals surface area contributed by atoms with Gasteiger partial charge in [0.25, 0.3) is 0 Å². The van der Waals surface area contributed by atoms with E-state index in [0.29, 0.717) is 23.7 Å². The molecular weight excluding hydrogens is 204 g/mol. The second-order valence-electron chi connectivity index (χ2n) is 4.56. The molecule has 0 spiro atoms. The first-order valence-corrected chi connectivity index (χ1v) is 5.79. The molecule has 0 fully saturated rings. The van der Waals surface area contributed by atoms with Crippen LogP contribution in [0.2, 0.25) is 0 Å². The average Bonchev–Trinajstić information content (AvgIpc) is 2.73. The molecule has 16 heavy (non-hydrogen) atoms. The molecule has 0 aromatic carbocycles. The van der Waals surface area contributed by atoms with Crippen LogP contribution in [0.4, 0.5) is 6.01 Å². The number of anilines is 1. The lowest BCUT2D eigenvalue weighted by atomic mass is 9.98. The van der Waals surface area contributed by atoms with E-state index >= 15 is 0 Å². The first-order valence-electron chi connectivity index (χ1n) is 5.79. The fourth-order valence-electron chi connectivity index (χ4n) is 1.09. The molecule has 92 valence electrons. The maximum Gasteiger partial charge on any atom is 0.315 e. The summed E-state index contributed by atoms with van der Waals surface area (Å²) < 4.78 is 5.47. The second kappa shape index (κ2) is 5.84. The highest BCUT2D eigenvalue weighted by Crippen LogP contribution is 2.15. The van der Waals surface area contributed by atoms with Gasteiger partial charge in [0.2, 0.25) is 5.89 Å². The first kappa shape index (κ1) is 13.0. The highest BCUT2D eigenvalue weighted by atomic mass is 16.4. The summed E-state index contributed by atoms with van der Waals surface area (Å²) in [4.78, 5) is 0. The number of hydrogen-bond acceptors (Lipinski definition) is 5. The van der Waals surface area contributed by atoms with Crippen molar-refractivity contribution in [3.05, 3.63) is 5.89 Å². The standard InChI is InChI=1S/C11H22N4O/c1-7(2)8(3)6-13-11-15-14-10(16-11)9(4)12-5/h7-9,12H,6H2,1-5H3,(H,13,15). The molecular formula is C11H22N4O. The van der Waals surface area contributed by atoms with Crippen molar-refractivity contribution in [2.75, 3.05) is 18.9 Å². The van der Waals surface area contributed by atoms with Gasteiger partial charge in [-0.05, 0) is 25.8 Å². The average molecular weight is 226 g/mol. The Bertz CT molecular complexity index is 311. The van der Waals surface area contributed by atoms with E-state index in [1.807, 2.05) is 14.0 Å². The molecule has 1 rings (SSSR count). The van der Waals surface area contributed by atoms with Gasteiger partial charge in [0.1, 0.15) is 0 Å². The van der Waals surface area contributed by atoms with Crippen LogP contribution < -0.4 is 10.6 Å². The Balaban J connectivity index is 2.46. The highest BCUT2D eigenvalue weighted by Gasteiger charge is 2.13. The van der Waals surface area contributed by atoms with Crippen LogP contribution in [0.1, 0.15) is 39.6 Å². The molecule has 0 bridgehead atoms. The quantitative estimate of drug-likeness (QED) is 0.777. The van der Waals surface area contributed by atoms with Crippen molar-refractivity contribution in [2.24, 2.45) is 11.8 Å². The molecule has 1 aromatic rings. The van der Waals surface area contributed by atoms with E-state index in [1.54, 1.807) is 0 Å². The van der Waals surface area contributed by atoms with Crippen LogP contribution in [0.25, 0.3) is 0 Å². The molecule has 5 nitrogen and oxygen atoms in total. The van der Waals surface area contributed by atoms with E-state index in [-0.39, 0.29) is 6.04 Å². The van der Waals surface area contributed by atoms with E-state index in [2.05, 4.69) is 41.6 Å². The zero-order valence-corrected chi connectivity index (χ0v) is 10.7. The van der Waals surface area contributed by atoms with E-state index in [9.17, 15) is 0 Å². The van der Waals surface area contributed by atoms with E-state index < -0.39 is 0 Å². The summed E-state index contributed by atoms with van der Waals surface area (Å²) in [6.07, 6.45) is 0. The predicted molar refractivity (Wildman–Crippen MR) is 64.3 cm³/mol. The number of aromatic nitrogens is 2. The Hall–Kier alpha value is -1.10. The van der Waals surface area contributed by atoms with Gasteiger partial charge >= 0.3 is 6.01 Å². The SMILES string of the molecule is CNC(C)c1nnc(NCC(C)C(C)C)o1. The van der Waals surface area contributed by atoms with Crippen LogP contribution in [0.3, 0.4) is 0 Å². The normalized spacial score (nSPS) is 15.1. The van der Waals surface area contributed by atoms with Gasteiger partial charge < -0.3 is 15.1 Å². The predicted octanol–water partition coefficient (Wildman–Crippen LogP) is 2.05. The molecule has 0 radical (unpaired) electrons. The van der Waals surface area contributed by atoms with Crippen LogP contribution in [0, 0.1) is 11.8 Å². The van der Waals surface area contributed by atoms with Crippen LogP contribution in [-0.4, -0.2) is 23.8 Å². The Kier molecular flexibility index (Phi) is 4.73. The van der Waals surface area contributed by atoms with Crippen molar-refractivity contribution in [3.63, 3.8) is 0 Å². The smallest absolute Gasteiger partial charge is 0.315 e. The minimum absolute atomic E-state index is 0.0885. The summed E-state index contributed by atoms with van der Waals surface area (Å²) >= 11 is 0. The maximum absolute atomic E-state index is 5.47. The maximum atomic E-state index is 5.47. The molecule has 2 unspecified atom stereocenters. The molecule has 1 aromatic heterocycles. The molecule has 0 saturated carbocycles. The molecule has 2 N–H and O–H groups in total. The van der Waals surface area contributed by atoms with Gasteiger partial charge in [-0.2, -0.15) is 0 Å². The molecule has 2 atom stereocenters. The molecule has 0 saturated heterocycles. The van der Waals surface area contributed by atoms with Crippen molar-refractivity contribution >= 4 is 6.01 Å². The summed E-state index contributed by atoms with van der Waals surface area (Å²) in [7, 11) is 1.86. The Morgan fingerprint density at radius 1 is 1.19 bits per heavy atom. The van der Waals surface area contributed by atoms with E-state index in [1.165, 1.54) is 0 Å². The lowest BCUT2D eigenvalue weighted by Crippen LogP contribution is -2.16. The zero-order valence-electron chi connectivity index (χ0n) is 10.7. The van der Waals surface area contributed by atoms with Crippen molar-refractivity contribution in [1.82, 2.24) is 15.5 Å². The molecule has 0 aliphatic carbocycles. The minimum Gasteiger partial charge on any atom is -0.406 e. The van der Waals surface area contributed by atoms with E-state index in [0.717, 1.165) is 6.54 Å². The number of hydrogen-bond donors (Lipinski definition) is 2. The van der Waals surface area contributed by atoms with Gasteiger partial charge in [0.05, 0.1) is 6.04 Å². The minimum atomic E-state index is 0.0885.